The summed E-state index contributed by atoms with van der Waals surface area (Å²) in [6, 6.07) is 0. The van der Waals surface area contributed by atoms with Crippen LogP contribution in [0, 0.1) is 5.92 Å². The third kappa shape index (κ3) is 3.57. The minimum absolute atomic E-state index is 0.715. The van der Waals surface area contributed by atoms with Crippen molar-refractivity contribution < 1.29 is 4.74 Å². The van der Waals surface area contributed by atoms with E-state index in [4.69, 9.17) is 4.74 Å². The summed E-state index contributed by atoms with van der Waals surface area (Å²) in [5.41, 5.74) is 0. The first-order valence-electron chi connectivity index (χ1n) is 4.62. The highest BCUT2D eigenvalue weighted by Crippen LogP contribution is 2.27. The Morgan fingerprint density at radius 3 is 2.73 bits per heavy atom. The Kier molecular flexibility index (Phi) is 4.29. The Bertz CT molecular complexity index is 103. The molecule has 0 aromatic heterocycles. The van der Waals surface area contributed by atoms with Gasteiger partial charge in [0.1, 0.15) is 0 Å². The summed E-state index contributed by atoms with van der Waals surface area (Å²) >= 11 is 0. The third-order valence-corrected chi connectivity index (χ3v) is 2.38. The van der Waals surface area contributed by atoms with Crippen LogP contribution in [0.3, 0.4) is 0 Å². The lowest BCUT2D eigenvalue weighted by Crippen LogP contribution is -2.01. The van der Waals surface area contributed by atoms with Crippen molar-refractivity contribution in [3.8, 4) is 0 Å². The summed E-state index contributed by atoms with van der Waals surface area (Å²) < 4.78 is 5.33. The van der Waals surface area contributed by atoms with Gasteiger partial charge in [0, 0.05) is 6.61 Å². The van der Waals surface area contributed by atoms with Crippen LogP contribution in [-0.2, 0) is 4.74 Å². The van der Waals surface area contributed by atoms with E-state index < -0.39 is 0 Å². The van der Waals surface area contributed by atoms with Gasteiger partial charge in [-0.2, -0.15) is 0 Å². The van der Waals surface area contributed by atoms with Crippen molar-refractivity contribution in [3.63, 3.8) is 0 Å². The summed E-state index contributed by atoms with van der Waals surface area (Å²) in [5, 5.41) is 0. The van der Waals surface area contributed by atoms with Crippen molar-refractivity contribution in [2.45, 2.75) is 32.1 Å². The van der Waals surface area contributed by atoms with Gasteiger partial charge >= 0.3 is 0 Å². The van der Waals surface area contributed by atoms with Gasteiger partial charge in [-0.05, 0) is 12.3 Å². The van der Waals surface area contributed by atoms with Gasteiger partial charge in [-0.15, -0.1) is 6.58 Å². The highest BCUT2D eigenvalue weighted by Gasteiger charge is 2.13. The standard InChI is InChI=1S/C10H18O/c1-2-8-11-9-7-10-5-3-4-6-10/h2,10H,1,3-9H2. The molecule has 1 fully saturated rings. The lowest BCUT2D eigenvalue weighted by molar-refractivity contribution is 0.146. The van der Waals surface area contributed by atoms with E-state index in [1.165, 1.54) is 32.1 Å². The van der Waals surface area contributed by atoms with Gasteiger partial charge in [-0.1, -0.05) is 31.8 Å². The molecule has 1 heteroatoms. The van der Waals surface area contributed by atoms with Crippen LogP contribution >= 0.6 is 0 Å². The molecule has 0 bridgehead atoms. The maximum atomic E-state index is 5.33. The molecule has 0 amide bonds. The summed E-state index contributed by atoms with van der Waals surface area (Å²) in [5.74, 6) is 0.958. The molecule has 64 valence electrons. The van der Waals surface area contributed by atoms with Gasteiger partial charge in [0.25, 0.3) is 0 Å². The van der Waals surface area contributed by atoms with Crippen LogP contribution in [-0.4, -0.2) is 13.2 Å². The smallest absolute Gasteiger partial charge is 0.0644 e. The van der Waals surface area contributed by atoms with Crippen molar-refractivity contribution in [1.82, 2.24) is 0 Å². The van der Waals surface area contributed by atoms with Crippen LogP contribution in [0.15, 0.2) is 12.7 Å². The van der Waals surface area contributed by atoms with Crippen molar-refractivity contribution in [1.29, 1.82) is 0 Å². The summed E-state index contributed by atoms with van der Waals surface area (Å²) in [7, 11) is 0. The molecule has 0 spiro atoms. The highest BCUT2D eigenvalue weighted by atomic mass is 16.5. The van der Waals surface area contributed by atoms with Crippen LogP contribution < -0.4 is 0 Å². The average molecular weight is 154 g/mol. The lowest BCUT2D eigenvalue weighted by Gasteiger charge is -2.07. The Morgan fingerprint density at radius 2 is 2.09 bits per heavy atom. The van der Waals surface area contributed by atoms with Crippen LogP contribution in [0.5, 0.6) is 0 Å². The number of hydrogen-bond donors (Lipinski definition) is 0. The first-order chi connectivity index (χ1) is 5.43. The minimum Gasteiger partial charge on any atom is -0.377 e. The second kappa shape index (κ2) is 5.36. The first kappa shape index (κ1) is 8.79. The van der Waals surface area contributed by atoms with Crippen LogP contribution in [0.2, 0.25) is 0 Å². The molecule has 0 unspecified atom stereocenters. The molecule has 11 heavy (non-hydrogen) atoms. The van der Waals surface area contributed by atoms with Gasteiger partial charge in [0.15, 0.2) is 0 Å². The highest BCUT2D eigenvalue weighted by molar-refractivity contribution is 4.68. The van der Waals surface area contributed by atoms with E-state index in [-0.39, 0.29) is 0 Å². The maximum absolute atomic E-state index is 5.33. The molecule has 0 aromatic rings. The SMILES string of the molecule is C=CCOCCC1CCCC1. The Hall–Kier alpha value is -0.300. The molecular formula is C10H18O. The number of hydrogen-bond acceptors (Lipinski definition) is 1. The molecule has 0 saturated heterocycles. The molecule has 0 N–H and O–H groups in total. The molecule has 0 aromatic carbocycles. The largest absolute Gasteiger partial charge is 0.377 e. The monoisotopic (exact) mass is 154 g/mol. The second-order valence-corrected chi connectivity index (χ2v) is 3.30. The fourth-order valence-corrected chi connectivity index (χ4v) is 1.72. The topological polar surface area (TPSA) is 9.23 Å². The molecule has 1 nitrogen and oxygen atoms in total. The van der Waals surface area contributed by atoms with Gasteiger partial charge < -0.3 is 4.74 Å². The van der Waals surface area contributed by atoms with E-state index in [0.717, 1.165) is 12.5 Å². The van der Waals surface area contributed by atoms with Gasteiger partial charge in [-0.25, -0.2) is 0 Å². The molecule has 0 aliphatic heterocycles. The van der Waals surface area contributed by atoms with Gasteiger partial charge in [-0.3, -0.25) is 0 Å². The van der Waals surface area contributed by atoms with Gasteiger partial charge in [0.2, 0.25) is 0 Å². The molecule has 0 atom stereocenters. The van der Waals surface area contributed by atoms with Crippen LogP contribution in [0.4, 0.5) is 0 Å². The normalized spacial score (nSPS) is 18.9. The predicted molar refractivity (Wildman–Crippen MR) is 47.6 cm³/mol. The van der Waals surface area contributed by atoms with Crippen molar-refractivity contribution >= 4 is 0 Å². The molecule has 1 rings (SSSR count). The fraction of sp³-hybridized carbons (Fsp3) is 0.800. The number of ether oxygens (including phenoxy) is 1. The van der Waals surface area contributed by atoms with Crippen molar-refractivity contribution in [3.05, 3.63) is 12.7 Å². The quantitative estimate of drug-likeness (QED) is 0.437. The lowest BCUT2D eigenvalue weighted by atomic mass is 10.1. The van der Waals surface area contributed by atoms with Crippen molar-refractivity contribution in [2.24, 2.45) is 5.92 Å². The molecule has 0 radical (unpaired) electrons. The molecular weight excluding hydrogens is 136 g/mol. The van der Waals surface area contributed by atoms with Gasteiger partial charge in [0.05, 0.1) is 6.61 Å². The third-order valence-electron chi connectivity index (χ3n) is 2.38. The van der Waals surface area contributed by atoms with E-state index in [1.54, 1.807) is 0 Å². The maximum Gasteiger partial charge on any atom is 0.0644 e. The molecule has 0 heterocycles. The number of rotatable bonds is 5. The molecule has 1 aliphatic carbocycles. The van der Waals surface area contributed by atoms with E-state index in [9.17, 15) is 0 Å². The van der Waals surface area contributed by atoms with E-state index in [1.807, 2.05) is 6.08 Å². The molecule has 1 aliphatic rings. The summed E-state index contributed by atoms with van der Waals surface area (Å²) in [6.45, 7) is 5.25. The first-order valence-corrected chi connectivity index (χ1v) is 4.62. The van der Waals surface area contributed by atoms with E-state index in [0.29, 0.717) is 6.61 Å². The zero-order valence-electron chi connectivity index (χ0n) is 7.22. The molecule has 1 saturated carbocycles. The zero-order valence-corrected chi connectivity index (χ0v) is 7.22. The zero-order chi connectivity index (χ0) is 7.94. The van der Waals surface area contributed by atoms with Crippen LogP contribution in [0.25, 0.3) is 0 Å². The van der Waals surface area contributed by atoms with E-state index in [2.05, 4.69) is 6.58 Å². The average Bonchev–Trinajstić information content (AvgIpc) is 2.50. The summed E-state index contributed by atoms with van der Waals surface area (Å²) in [4.78, 5) is 0. The fourth-order valence-electron chi connectivity index (χ4n) is 1.72. The van der Waals surface area contributed by atoms with Crippen molar-refractivity contribution in [2.75, 3.05) is 13.2 Å². The Balaban J connectivity index is 1.89. The van der Waals surface area contributed by atoms with Crippen LogP contribution in [0.1, 0.15) is 32.1 Å². The van der Waals surface area contributed by atoms with E-state index >= 15 is 0 Å². The minimum atomic E-state index is 0.715. The Labute approximate surface area is 69.4 Å². The predicted octanol–water partition coefficient (Wildman–Crippen LogP) is 2.77. The Morgan fingerprint density at radius 1 is 1.36 bits per heavy atom. The second-order valence-electron chi connectivity index (χ2n) is 3.30. The summed E-state index contributed by atoms with van der Waals surface area (Å²) in [6.07, 6.45) is 8.80.